The second-order valence-corrected chi connectivity index (χ2v) is 6.60. The molecule has 0 saturated carbocycles. The van der Waals surface area contributed by atoms with Crippen LogP contribution in [0.5, 0.6) is 0 Å². The number of nitrogens with zero attached hydrogens (tertiary/aromatic N) is 6. The lowest BCUT2D eigenvalue weighted by molar-refractivity contribution is 1.18. The molecule has 0 amide bonds. The lowest BCUT2D eigenvalue weighted by Gasteiger charge is -2.06. The zero-order chi connectivity index (χ0) is 20.8. The molecule has 0 atom stereocenters. The number of nitriles is 2. The molecule has 0 bridgehead atoms. The molecule has 2 aliphatic rings. The Labute approximate surface area is 172 Å². The normalized spacial score (nSPS) is 15.3. The highest BCUT2D eigenvalue weighted by atomic mass is 14.9. The van der Waals surface area contributed by atoms with Gasteiger partial charge in [0.05, 0.1) is 48.1 Å². The number of hydrogen-bond donors (Lipinski definition) is 0. The molecule has 6 nitrogen and oxygen atoms in total. The highest BCUT2D eigenvalue weighted by molar-refractivity contribution is 6.05. The third kappa shape index (κ3) is 2.08. The molecule has 0 aliphatic heterocycles. The average Bonchev–Trinajstić information content (AvgIpc) is 3.28. The number of hydrogen-bond acceptors (Lipinski definition) is 4. The number of fused-ring (bicyclic) bond motifs is 6. The van der Waals surface area contributed by atoms with Gasteiger partial charge in [0.15, 0.2) is 0 Å². The summed E-state index contributed by atoms with van der Waals surface area (Å²) in [5, 5.41) is 19.0. The number of benzene rings is 2. The molecule has 0 radical (unpaired) electrons. The van der Waals surface area contributed by atoms with Crippen molar-refractivity contribution in [1.29, 1.82) is 10.5 Å². The fourth-order valence-electron chi connectivity index (χ4n) is 3.98. The average molecular weight is 380 g/mol. The molecule has 3 aromatic rings. The van der Waals surface area contributed by atoms with Gasteiger partial charge < -0.3 is 0 Å². The predicted octanol–water partition coefficient (Wildman–Crippen LogP) is 4.84. The van der Waals surface area contributed by atoms with Gasteiger partial charge in [-0.2, -0.15) is 0 Å². The first-order chi connectivity index (χ1) is 14.7. The Hall–Kier alpha value is -5.04. The van der Waals surface area contributed by atoms with Crippen molar-refractivity contribution in [3.8, 4) is 34.7 Å². The van der Waals surface area contributed by atoms with E-state index in [1.54, 1.807) is 0 Å². The van der Waals surface area contributed by atoms with Crippen LogP contribution < -0.4 is 0 Å². The quantitative estimate of drug-likeness (QED) is 0.284. The van der Waals surface area contributed by atoms with E-state index in [4.69, 9.17) is 23.1 Å². The Morgan fingerprint density at radius 2 is 1.00 bits per heavy atom. The SMILES string of the molecule is [C-]#[N+]/C(C#N)=C1/c2ccccc2-c2nc3c(nc21)-c1ccccc1/C3=C(/C#N)[N+]#[C-]. The van der Waals surface area contributed by atoms with Gasteiger partial charge in [0.1, 0.15) is 0 Å². The van der Waals surface area contributed by atoms with Crippen molar-refractivity contribution in [2.24, 2.45) is 0 Å². The van der Waals surface area contributed by atoms with E-state index in [0.29, 0.717) is 33.9 Å². The van der Waals surface area contributed by atoms with E-state index in [2.05, 4.69) is 9.69 Å². The Balaban J connectivity index is 1.95. The molecule has 2 aliphatic carbocycles. The van der Waals surface area contributed by atoms with Crippen molar-refractivity contribution >= 4 is 11.1 Å². The van der Waals surface area contributed by atoms with E-state index in [-0.39, 0.29) is 11.4 Å². The van der Waals surface area contributed by atoms with Crippen LogP contribution in [0.2, 0.25) is 0 Å². The molecule has 5 rings (SSSR count). The van der Waals surface area contributed by atoms with Crippen molar-refractivity contribution in [1.82, 2.24) is 9.97 Å². The molecule has 1 aromatic heterocycles. The molecule has 0 N–H and O–H groups in total. The zero-order valence-corrected chi connectivity index (χ0v) is 15.3. The molecule has 134 valence electrons. The van der Waals surface area contributed by atoms with E-state index in [1.165, 1.54) is 0 Å². The van der Waals surface area contributed by atoms with Gasteiger partial charge in [-0.1, -0.05) is 48.5 Å². The Bertz CT molecular complexity index is 1380. The lowest BCUT2D eigenvalue weighted by atomic mass is 10.0. The van der Waals surface area contributed by atoms with Crippen LogP contribution in [0.3, 0.4) is 0 Å². The third-order valence-electron chi connectivity index (χ3n) is 5.18. The van der Waals surface area contributed by atoms with Crippen LogP contribution in [0, 0.1) is 35.8 Å². The predicted molar refractivity (Wildman–Crippen MR) is 109 cm³/mol. The van der Waals surface area contributed by atoms with Crippen molar-refractivity contribution < 1.29 is 0 Å². The maximum Gasteiger partial charge on any atom is 0.271 e. The molecular formula is C24H8N6. The summed E-state index contributed by atoms with van der Waals surface area (Å²) in [4.78, 5) is 16.5. The summed E-state index contributed by atoms with van der Waals surface area (Å²) in [6.07, 6.45) is 0. The summed E-state index contributed by atoms with van der Waals surface area (Å²) in [5.41, 5.74) is 5.88. The van der Waals surface area contributed by atoms with Crippen LogP contribution in [0.25, 0.3) is 43.4 Å². The van der Waals surface area contributed by atoms with E-state index < -0.39 is 0 Å². The van der Waals surface area contributed by atoms with Gasteiger partial charge in [-0.15, -0.1) is 0 Å². The van der Waals surface area contributed by atoms with Gasteiger partial charge in [0, 0.05) is 22.3 Å². The van der Waals surface area contributed by atoms with Gasteiger partial charge in [-0.05, 0) is 11.1 Å². The highest BCUT2D eigenvalue weighted by Crippen LogP contribution is 2.49. The molecule has 0 saturated heterocycles. The van der Waals surface area contributed by atoms with Gasteiger partial charge in [-0.25, -0.2) is 30.2 Å². The molecule has 2 aromatic carbocycles. The first-order valence-corrected chi connectivity index (χ1v) is 8.89. The van der Waals surface area contributed by atoms with Crippen molar-refractivity contribution in [3.63, 3.8) is 0 Å². The molecule has 1 heterocycles. The summed E-state index contributed by atoms with van der Waals surface area (Å²) in [7, 11) is 0. The maximum absolute atomic E-state index is 9.52. The minimum Gasteiger partial charge on any atom is -0.245 e. The smallest absolute Gasteiger partial charge is 0.245 e. The van der Waals surface area contributed by atoms with Crippen LogP contribution >= 0.6 is 0 Å². The zero-order valence-electron chi connectivity index (χ0n) is 15.3. The third-order valence-corrected chi connectivity index (χ3v) is 5.18. The van der Waals surface area contributed by atoms with Gasteiger partial charge in [0.2, 0.25) is 0 Å². The van der Waals surface area contributed by atoms with Crippen molar-refractivity contribution in [3.05, 3.63) is 105 Å². The molecule has 30 heavy (non-hydrogen) atoms. The molecule has 0 spiro atoms. The minimum atomic E-state index is -0.0450. The molecule has 6 heteroatoms. The minimum absolute atomic E-state index is 0.0450. The first kappa shape index (κ1) is 17.1. The second-order valence-electron chi connectivity index (χ2n) is 6.60. The standard InChI is InChI=1S/C24H8N6/c1-27-17(11-25)19-13-7-3-5-9-15(13)21-23(19)29-22-16-10-6-4-8-14(16)20(24(22)30-21)18(12-26)28-2/h3-10H/b19-17-,20-18+. The molecule has 0 fully saturated rings. The summed E-state index contributed by atoms with van der Waals surface area (Å²) >= 11 is 0. The van der Waals surface area contributed by atoms with E-state index in [0.717, 1.165) is 22.3 Å². The molecule has 0 unspecified atom stereocenters. The maximum atomic E-state index is 9.52. The number of allylic oxidation sites excluding steroid dienone is 2. The summed E-state index contributed by atoms with van der Waals surface area (Å²) in [5.74, 6) is 0. The van der Waals surface area contributed by atoms with Crippen LogP contribution in [0.15, 0.2) is 59.9 Å². The highest BCUT2D eigenvalue weighted by Gasteiger charge is 2.35. The number of rotatable bonds is 0. The van der Waals surface area contributed by atoms with Gasteiger partial charge in [0.25, 0.3) is 11.4 Å². The monoisotopic (exact) mass is 380 g/mol. The van der Waals surface area contributed by atoms with E-state index in [1.807, 2.05) is 60.7 Å². The summed E-state index contributed by atoms with van der Waals surface area (Å²) in [6, 6.07) is 18.8. The van der Waals surface area contributed by atoms with Crippen molar-refractivity contribution in [2.45, 2.75) is 0 Å². The van der Waals surface area contributed by atoms with Crippen LogP contribution in [-0.2, 0) is 0 Å². The van der Waals surface area contributed by atoms with E-state index in [9.17, 15) is 10.5 Å². The number of aromatic nitrogens is 2. The van der Waals surface area contributed by atoms with Gasteiger partial charge >= 0.3 is 0 Å². The Morgan fingerprint density at radius 3 is 1.33 bits per heavy atom. The molecular weight excluding hydrogens is 372 g/mol. The second kappa shape index (κ2) is 6.25. The lowest BCUT2D eigenvalue weighted by Crippen LogP contribution is -1.98. The van der Waals surface area contributed by atoms with E-state index >= 15 is 0 Å². The fourth-order valence-corrected chi connectivity index (χ4v) is 3.98. The van der Waals surface area contributed by atoms with Gasteiger partial charge in [-0.3, -0.25) is 0 Å². The summed E-state index contributed by atoms with van der Waals surface area (Å²) in [6.45, 7) is 14.9. The topological polar surface area (TPSA) is 82.1 Å². The van der Waals surface area contributed by atoms with Crippen LogP contribution in [0.4, 0.5) is 0 Å². The largest absolute Gasteiger partial charge is 0.271 e. The Kier molecular flexibility index (Phi) is 3.56. The fraction of sp³-hybridized carbons (Fsp3) is 0. The Morgan fingerprint density at radius 1 is 0.633 bits per heavy atom. The van der Waals surface area contributed by atoms with Crippen LogP contribution in [-0.4, -0.2) is 9.97 Å². The first-order valence-electron chi connectivity index (χ1n) is 8.89. The van der Waals surface area contributed by atoms with Crippen molar-refractivity contribution in [2.75, 3.05) is 0 Å². The van der Waals surface area contributed by atoms with Crippen LogP contribution in [0.1, 0.15) is 22.5 Å². The summed E-state index contributed by atoms with van der Waals surface area (Å²) < 4.78 is 0.